The summed E-state index contributed by atoms with van der Waals surface area (Å²) in [7, 11) is 1.27. The number of carbonyl (C=O) groups is 3. The lowest BCUT2D eigenvalue weighted by Crippen LogP contribution is -2.41. The van der Waals surface area contributed by atoms with Gasteiger partial charge in [0.05, 0.1) is 19.6 Å². The summed E-state index contributed by atoms with van der Waals surface area (Å²) >= 11 is 8.15. The number of ether oxygens (including phenoxy) is 2. The summed E-state index contributed by atoms with van der Waals surface area (Å²) in [6.07, 6.45) is -0.764. The lowest BCUT2D eigenvalue weighted by molar-refractivity contribution is -0.141. The van der Waals surface area contributed by atoms with Gasteiger partial charge in [-0.15, -0.1) is 0 Å². The number of amides is 2. The number of nitrogens with one attached hydrogen (secondary N) is 2. The van der Waals surface area contributed by atoms with Gasteiger partial charge in [-0.2, -0.15) is 0 Å². The molecule has 0 aliphatic rings. The monoisotopic (exact) mass is 496 g/mol. The smallest absolute Gasteiger partial charge is 0.408 e. The number of halogens is 2. The van der Waals surface area contributed by atoms with Gasteiger partial charge in [-0.1, -0.05) is 11.6 Å². The van der Waals surface area contributed by atoms with Crippen molar-refractivity contribution >= 4 is 52.2 Å². The SMILES string of the molecule is COC(=O)C[C@H](NC(=O)CNC(=O)OC(C)(C)C)c1cc(Cl)cc(I)c1. The quantitative estimate of drug-likeness (QED) is 0.466. The van der Waals surface area contributed by atoms with Gasteiger partial charge in [0.25, 0.3) is 0 Å². The second-order valence-corrected chi connectivity index (χ2v) is 8.14. The third kappa shape index (κ3) is 8.70. The average Bonchev–Trinajstić information content (AvgIpc) is 2.49. The maximum Gasteiger partial charge on any atom is 0.408 e. The summed E-state index contributed by atoms with van der Waals surface area (Å²) in [6.45, 7) is 4.88. The van der Waals surface area contributed by atoms with Gasteiger partial charge < -0.3 is 20.1 Å². The highest BCUT2D eigenvalue weighted by Gasteiger charge is 2.21. The van der Waals surface area contributed by atoms with Crippen LogP contribution in [0.3, 0.4) is 0 Å². The lowest BCUT2D eigenvalue weighted by Gasteiger charge is -2.21. The van der Waals surface area contributed by atoms with Crippen LogP contribution in [-0.2, 0) is 19.1 Å². The second-order valence-electron chi connectivity index (χ2n) is 6.46. The zero-order chi connectivity index (χ0) is 19.9. The molecule has 0 aromatic heterocycles. The first-order valence-corrected chi connectivity index (χ1v) is 9.25. The summed E-state index contributed by atoms with van der Waals surface area (Å²) in [6, 6.07) is 4.59. The third-order valence-electron chi connectivity index (χ3n) is 3.01. The van der Waals surface area contributed by atoms with E-state index in [9.17, 15) is 14.4 Å². The van der Waals surface area contributed by atoms with Crippen molar-refractivity contribution in [1.29, 1.82) is 0 Å². The highest BCUT2D eigenvalue weighted by atomic mass is 127. The molecule has 0 heterocycles. The van der Waals surface area contributed by atoms with Crippen LogP contribution >= 0.6 is 34.2 Å². The Labute approximate surface area is 171 Å². The van der Waals surface area contributed by atoms with E-state index in [4.69, 9.17) is 16.3 Å². The summed E-state index contributed by atoms with van der Waals surface area (Å²) in [5, 5.41) is 5.56. The summed E-state index contributed by atoms with van der Waals surface area (Å²) < 4.78 is 10.6. The van der Waals surface area contributed by atoms with Crippen LogP contribution in [0.4, 0.5) is 4.79 Å². The van der Waals surface area contributed by atoms with Gasteiger partial charge in [0.2, 0.25) is 5.91 Å². The van der Waals surface area contributed by atoms with Gasteiger partial charge in [0, 0.05) is 8.59 Å². The molecule has 2 N–H and O–H groups in total. The largest absolute Gasteiger partial charge is 0.469 e. The molecule has 0 spiro atoms. The molecular weight excluding hydrogens is 475 g/mol. The van der Waals surface area contributed by atoms with Gasteiger partial charge in [-0.3, -0.25) is 9.59 Å². The van der Waals surface area contributed by atoms with Crippen LogP contribution in [0, 0.1) is 3.57 Å². The van der Waals surface area contributed by atoms with E-state index < -0.39 is 29.6 Å². The van der Waals surface area contributed by atoms with E-state index in [1.54, 1.807) is 32.9 Å². The third-order valence-corrected chi connectivity index (χ3v) is 3.85. The van der Waals surface area contributed by atoms with E-state index in [-0.39, 0.29) is 13.0 Å². The topological polar surface area (TPSA) is 93.7 Å². The summed E-state index contributed by atoms with van der Waals surface area (Å²) in [4.78, 5) is 35.5. The molecule has 2 amide bonds. The van der Waals surface area contributed by atoms with Crippen LogP contribution in [0.5, 0.6) is 0 Å². The molecule has 7 nitrogen and oxygen atoms in total. The molecule has 0 fully saturated rings. The molecule has 0 aliphatic heterocycles. The minimum absolute atomic E-state index is 0.0644. The first-order chi connectivity index (χ1) is 12.0. The Morgan fingerprint density at radius 1 is 1.23 bits per heavy atom. The fourth-order valence-corrected chi connectivity index (χ4v) is 3.11. The number of rotatable bonds is 6. The van der Waals surface area contributed by atoms with Gasteiger partial charge in [0.15, 0.2) is 0 Å². The highest BCUT2D eigenvalue weighted by molar-refractivity contribution is 14.1. The maximum atomic E-state index is 12.2. The first-order valence-electron chi connectivity index (χ1n) is 7.79. The standard InChI is InChI=1S/C17H22ClIN2O5/c1-17(2,3)26-16(24)20-9-14(22)21-13(8-15(23)25-4)10-5-11(18)7-12(19)6-10/h5-7,13H,8-9H2,1-4H3,(H,20,24)(H,21,22)/t13-/m0/s1. The fraction of sp³-hybridized carbons (Fsp3) is 0.471. The Balaban J connectivity index is 2.77. The Bertz CT molecular complexity index is 655. The molecule has 9 heteroatoms. The molecule has 144 valence electrons. The summed E-state index contributed by atoms with van der Waals surface area (Å²) in [5.74, 6) is -0.954. The van der Waals surface area contributed by atoms with Crippen molar-refractivity contribution in [3.63, 3.8) is 0 Å². The van der Waals surface area contributed by atoms with Crippen LogP contribution in [0.2, 0.25) is 5.02 Å². The van der Waals surface area contributed by atoms with Crippen molar-refractivity contribution in [2.75, 3.05) is 13.7 Å². The van der Waals surface area contributed by atoms with Crippen LogP contribution in [-0.4, -0.2) is 37.2 Å². The zero-order valence-corrected chi connectivity index (χ0v) is 17.9. The van der Waals surface area contributed by atoms with Crippen LogP contribution in [0.1, 0.15) is 38.8 Å². The number of hydrogen-bond donors (Lipinski definition) is 2. The van der Waals surface area contributed by atoms with Crippen molar-refractivity contribution < 1.29 is 23.9 Å². The fourth-order valence-electron chi connectivity index (χ4n) is 1.99. The number of hydrogen-bond acceptors (Lipinski definition) is 5. The number of methoxy groups -OCH3 is 1. The Morgan fingerprint density at radius 3 is 2.42 bits per heavy atom. The van der Waals surface area contributed by atoms with E-state index in [0.29, 0.717) is 10.6 Å². The van der Waals surface area contributed by atoms with Crippen LogP contribution in [0.15, 0.2) is 18.2 Å². The van der Waals surface area contributed by atoms with Gasteiger partial charge in [-0.25, -0.2) is 4.79 Å². The van der Waals surface area contributed by atoms with E-state index in [0.717, 1.165) is 3.57 Å². The van der Waals surface area contributed by atoms with E-state index in [1.165, 1.54) is 7.11 Å². The zero-order valence-electron chi connectivity index (χ0n) is 15.0. The average molecular weight is 497 g/mol. The molecule has 1 aromatic rings. The molecule has 0 unspecified atom stereocenters. The van der Waals surface area contributed by atoms with Crippen molar-refractivity contribution in [3.8, 4) is 0 Å². The van der Waals surface area contributed by atoms with E-state index in [2.05, 4.69) is 38.0 Å². The van der Waals surface area contributed by atoms with Crippen LogP contribution in [0.25, 0.3) is 0 Å². The molecule has 0 saturated heterocycles. The molecular formula is C17H22ClIN2O5. The predicted molar refractivity (Wildman–Crippen MR) is 106 cm³/mol. The van der Waals surface area contributed by atoms with Crippen molar-refractivity contribution in [2.24, 2.45) is 0 Å². The minimum atomic E-state index is -0.700. The Morgan fingerprint density at radius 2 is 1.88 bits per heavy atom. The predicted octanol–water partition coefficient (Wildman–Crippen LogP) is 3.19. The first kappa shape index (κ1) is 22.5. The molecule has 1 aromatic carbocycles. The minimum Gasteiger partial charge on any atom is -0.469 e. The maximum absolute atomic E-state index is 12.2. The van der Waals surface area contributed by atoms with E-state index in [1.807, 2.05) is 6.07 Å². The Hall–Kier alpha value is -1.55. The molecule has 0 bridgehead atoms. The molecule has 1 atom stereocenters. The molecule has 1 rings (SSSR count). The van der Waals surface area contributed by atoms with E-state index >= 15 is 0 Å². The summed E-state index contributed by atoms with van der Waals surface area (Å²) in [5.41, 5.74) is 0.00348. The van der Waals surface area contributed by atoms with Gasteiger partial charge in [-0.05, 0) is 67.1 Å². The lowest BCUT2D eigenvalue weighted by atomic mass is 10.0. The van der Waals surface area contributed by atoms with Crippen molar-refractivity contribution in [1.82, 2.24) is 10.6 Å². The molecule has 0 aliphatic carbocycles. The normalized spacial score (nSPS) is 12.1. The number of benzene rings is 1. The van der Waals surface area contributed by atoms with Crippen molar-refractivity contribution in [2.45, 2.75) is 38.8 Å². The van der Waals surface area contributed by atoms with Crippen molar-refractivity contribution in [3.05, 3.63) is 32.4 Å². The Kier molecular flexibility index (Phi) is 8.61. The van der Waals surface area contributed by atoms with Crippen LogP contribution < -0.4 is 10.6 Å². The number of esters is 1. The molecule has 0 radical (unpaired) electrons. The number of carbonyl (C=O) groups excluding carboxylic acids is 3. The molecule has 0 saturated carbocycles. The number of alkyl carbamates (subject to hydrolysis) is 1. The second kappa shape index (κ2) is 9.96. The highest BCUT2D eigenvalue weighted by Crippen LogP contribution is 2.24. The molecule has 26 heavy (non-hydrogen) atoms. The van der Waals surface area contributed by atoms with Gasteiger partial charge >= 0.3 is 12.1 Å². The van der Waals surface area contributed by atoms with Gasteiger partial charge in [0.1, 0.15) is 12.1 Å².